The van der Waals surface area contributed by atoms with Crippen LogP contribution in [-0.2, 0) is 4.79 Å². The molecule has 1 aliphatic carbocycles. The molecule has 2 unspecified atom stereocenters. The predicted molar refractivity (Wildman–Crippen MR) is 39.8 cm³/mol. The Morgan fingerprint density at radius 1 is 1.00 bits per heavy atom. The number of aliphatic hydroxyl groups excluding tert-OH is 4. The van der Waals surface area contributed by atoms with E-state index in [-0.39, 0.29) is 6.42 Å². The summed E-state index contributed by atoms with van der Waals surface area (Å²) in [5, 5.41) is 45.0. The van der Waals surface area contributed by atoms with Crippen molar-refractivity contribution in [3.8, 4) is 0 Å². The van der Waals surface area contributed by atoms with E-state index in [9.17, 15) is 9.90 Å². The molecule has 5 atom stereocenters. The number of aliphatic hydroxyl groups is 4. The van der Waals surface area contributed by atoms with E-state index in [1.807, 2.05) is 0 Å². The van der Waals surface area contributed by atoms with E-state index in [0.717, 1.165) is 0 Å². The summed E-state index contributed by atoms with van der Waals surface area (Å²) in [4.78, 5) is 10.5. The van der Waals surface area contributed by atoms with Gasteiger partial charge in [0.05, 0.1) is 18.1 Å². The molecule has 76 valence electrons. The number of carboxylic acid groups (broad SMARTS) is 1. The van der Waals surface area contributed by atoms with Gasteiger partial charge in [0.15, 0.2) is 0 Å². The fraction of sp³-hybridized carbons (Fsp3) is 0.857. The molecule has 0 aromatic heterocycles. The Labute approximate surface area is 74.1 Å². The highest BCUT2D eigenvalue weighted by Crippen LogP contribution is 2.25. The molecule has 13 heavy (non-hydrogen) atoms. The molecular formula is C7H12O6. The van der Waals surface area contributed by atoms with Crippen LogP contribution in [0, 0.1) is 5.92 Å². The van der Waals surface area contributed by atoms with Crippen molar-refractivity contribution in [3.05, 3.63) is 0 Å². The Morgan fingerprint density at radius 2 is 1.54 bits per heavy atom. The van der Waals surface area contributed by atoms with E-state index in [4.69, 9.17) is 20.4 Å². The molecular weight excluding hydrogens is 180 g/mol. The molecule has 1 saturated carbocycles. The smallest absolute Gasteiger partial charge is 0.309 e. The molecule has 0 aromatic carbocycles. The van der Waals surface area contributed by atoms with Gasteiger partial charge in [-0.15, -0.1) is 0 Å². The summed E-state index contributed by atoms with van der Waals surface area (Å²) in [7, 11) is 0. The van der Waals surface area contributed by atoms with Crippen LogP contribution in [-0.4, -0.2) is 55.9 Å². The van der Waals surface area contributed by atoms with Crippen molar-refractivity contribution < 1.29 is 30.3 Å². The quantitative estimate of drug-likeness (QED) is 0.314. The van der Waals surface area contributed by atoms with E-state index in [0.29, 0.717) is 0 Å². The van der Waals surface area contributed by atoms with E-state index in [1.54, 1.807) is 0 Å². The Kier molecular flexibility index (Phi) is 2.87. The van der Waals surface area contributed by atoms with Crippen LogP contribution in [0.3, 0.4) is 0 Å². The maximum absolute atomic E-state index is 10.5. The first kappa shape index (κ1) is 10.4. The maximum Gasteiger partial charge on any atom is 0.309 e. The SMILES string of the molecule is O=C(O)C1C[C@@H](O)C(O)[C@@H](O)[C@@H]1O. The first-order chi connectivity index (χ1) is 5.95. The average Bonchev–Trinajstić information content (AvgIpc) is 2.07. The largest absolute Gasteiger partial charge is 0.481 e. The molecule has 1 fully saturated rings. The molecule has 1 aliphatic rings. The van der Waals surface area contributed by atoms with Crippen molar-refractivity contribution in [3.63, 3.8) is 0 Å². The van der Waals surface area contributed by atoms with Gasteiger partial charge < -0.3 is 25.5 Å². The van der Waals surface area contributed by atoms with Crippen LogP contribution >= 0.6 is 0 Å². The average molecular weight is 192 g/mol. The summed E-state index contributed by atoms with van der Waals surface area (Å²) in [5.74, 6) is -2.52. The number of aliphatic carboxylic acids is 1. The Hall–Kier alpha value is -0.690. The van der Waals surface area contributed by atoms with Crippen molar-refractivity contribution >= 4 is 5.97 Å². The molecule has 6 nitrogen and oxygen atoms in total. The monoisotopic (exact) mass is 192 g/mol. The molecule has 0 bridgehead atoms. The zero-order valence-corrected chi connectivity index (χ0v) is 6.74. The standard InChI is InChI=1S/C7H12O6/c8-3-1-2(7(12)13)4(9)6(11)5(3)10/h2-6,8-11H,1H2,(H,12,13)/t2?,3-,4-,5?,6+/m1/s1. The minimum absolute atomic E-state index is 0.255. The van der Waals surface area contributed by atoms with Gasteiger partial charge in [0.2, 0.25) is 0 Å². The molecule has 0 amide bonds. The second-order valence-electron chi connectivity index (χ2n) is 3.22. The predicted octanol–water partition coefficient (Wildman–Crippen LogP) is -2.47. The number of hydrogen-bond donors (Lipinski definition) is 5. The van der Waals surface area contributed by atoms with Crippen LogP contribution in [0.15, 0.2) is 0 Å². The fourth-order valence-corrected chi connectivity index (χ4v) is 1.45. The number of rotatable bonds is 1. The second-order valence-corrected chi connectivity index (χ2v) is 3.22. The highest BCUT2D eigenvalue weighted by Gasteiger charge is 2.44. The first-order valence-corrected chi connectivity index (χ1v) is 3.90. The lowest BCUT2D eigenvalue weighted by Gasteiger charge is -2.36. The van der Waals surface area contributed by atoms with Crippen molar-refractivity contribution in [1.29, 1.82) is 0 Å². The summed E-state index contributed by atoms with van der Waals surface area (Å²) in [6.07, 6.45) is -6.18. The lowest BCUT2D eigenvalue weighted by atomic mass is 9.81. The first-order valence-electron chi connectivity index (χ1n) is 3.90. The van der Waals surface area contributed by atoms with Crippen LogP contribution in [0.4, 0.5) is 0 Å². The Bertz CT molecular complexity index is 205. The van der Waals surface area contributed by atoms with E-state index < -0.39 is 36.3 Å². The van der Waals surface area contributed by atoms with E-state index in [2.05, 4.69) is 0 Å². The van der Waals surface area contributed by atoms with Crippen LogP contribution in [0.5, 0.6) is 0 Å². The lowest BCUT2D eigenvalue weighted by molar-refractivity contribution is -0.178. The number of carbonyl (C=O) groups is 1. The number of hydrogen-bond acceptors (Lipinski definition) is 5. The second kappa shape index (κ2) is 3.59. The van der Waals surface area contributed by atoms with Gasteiger partial charge in [-0.2, -0.15) is 0 Å². The lowest BCUT2D eigenvalue weighted by Crippen LogP contribution is -2.55. The van der Waals surface area contributed by atoms with Gasteiger partial charge in [0.25, 0.3) is 0 Å². The Morgan fingerprint density at radius 3 is 2.00 bits per heavy atom. The highest BCUT2D eigenvalue weighted by atomic mass is 16.4. The summed E-state index contributed by atoms with van der Waals surface area (Å²) in [6, 6.07) is 0. The van der Waals surface area contributed by atoms with Crippen molar-refractivity contribution in [2.45, 2.75) is 30.8 Å². The van der Waals surface area contributed by atoms with Gasteiger partial charge >= 0.3 is 5.97 Å². The van der Waals surface area contributed by atoms with Gasteiger partial charge in [0, 0.05) is 0 Å². The molecule has 0 heterocycles. The zero-order chi connectivity index (χ0) is 10.2. The highest BCUT2D eigenvalue weighted by molar-refractivity contribution is 5.71. The van der Waals surface area contributed by atoms with Gasteiger partial charge in [0.1, 0.15) is 12.2 Å². The minimum Gasteiger partial charge on any atom is -0.481 e. The molecule has 1 rings (SSSR count). The molecule has 0 radical (unpaired) electrons. The molecule has 0 aromatic rings. The summed E-state index contributed by atoms with van der Waals surface area (Å²) < 4.78 is 0. The third-order valence-corrected chi connectivity index (χ3v) is 2.32. The fourth-order valence-electron chi connectivity index (χ4n) is 1.45. The zero-order valence-electron chi connectivity index (χ0n) is 6.74. The third kappa shape index (κ3) is 1.80. The normalized spacial score (nSPS) is 46.0. The maximum atomic E-state index is 10.5. The topological polar surface area (TPSA) is 118 Å². The summed E-state index contributed by atoms with van der Waals surface area (Å²) in [5.41, 5.74) is 0. The van der Waals surface area contributed by atoms with Gasteiger partial charge in [-0.1, -0.05) is 0 Å². The van der Waals surface area contributed by atoms with E-state index in [1.165, 1.54) is 0 Å². The minimum atomic E-state index is -1.61. The van der Waals surface area contributed by atoms with Gasteiger partial charge in [-0.25, -0.2) is 0 Å². The number of carboxylic acids is 1. The van der Waals surface area contributed by atoms with Crippen LogP contribution in [0.1, 0.15) is 6.42 Å². The van der Waals surface area contributed by atoms with Crippen molar-refractivity contribution in [2.75, 3.05) is 0 Å². The molecule has 0 saturated heterocycles. The van der Waals surface area contributed by atoms with E-state index >= 15 is 0 Å². The summed E-state index contributed by atoms with van der Waals surface area (Å²) >= 11 is 0. The van der Waals surface area contributed by atoms with Gasteiger partial charge in [-0.3, -0.25) is 4.79 Å². The molecule has 5 N–H and O–H groups in total. The van der Waals surface area contributed by atoms with Crippen LogP contribution < -0.4 is 0 Å². The molecule has 0 aliphatic heterocycles. The molecule has 0 spiro atoms. The van der Waals surface area contributed by atoms with Crippen molar-refractivity contribution in [2.24, 2.45) is 5.92 Å². The summed E-state index contributed by atoms with van der Waals surface area (Å²) in [6.45, 7) is 0. The van der Waals surface area contributed by atoms with Crippen LogP contribution in [0.2, 0.25) is 0 Å². The van der Waals surface area contributed by atoms with Gasteiger partial charge in [-0.05, 0) is 6.42 Å². The Balaban J connectivity index is 2.76. The third-order valence-electron chi connectivity index (χ3n) is 2.32. The van der Waals surface area contributed by atoms with Crippen LogP contribution in [0.25, 0.3) is 0 Å². The molecule has 6 heteroatoms. The van der Waals surface area contributed by atoms with Crippen molar-refractivity contribution in [1.82, 2.24) is 0 Å².